The van der Waals surface area contributed by atoms with Gasteiger partial charge in [0, 0.05) is 18.1 Å². The Labute approximate surface area is 93.6 Å². The molecule has 3 nitrogen and oxygen atoms in total. The normalized spacial score (nSPS) is 15.7. The highest BCUT2D eigenvalue weighted by Gasteiger charge is 2.17. The Bertz CT molecular complexity index is 396. The van der Waals surface area contributed by atoms with Crippen LogP contribution in [0.2, 0.25) is 5.02 Å². The van der Waals surface area contributed by atoms with Gasteiger partial charge >= 0.3 is 0 Å². The van der Waals surface area contributed by atoms with E-state index in [-0.39, 0.29) is 0 Å². The zero-order valence-corrected chi connectivity index (χ0v) is 8.92. The smallest absolute Gasteiger partial charge is 0.0992 e. The molecule has 1 saturated heterocycles. The summed E-state index contributed by atoms with van der Waals surface area (Å²) in [7, 11) is 0. The highest BCUT2D eigenvalue weighted by molar-refractivity contribution is 6.31. The Balaban J connectivity index is 1.98. The van der Waals surface area contributed by atoms with Crippen LogP contribution >= 0.6 is 11.6 Å². The molecule has 1 aromatic carbocycles. The minimum absolute atomic E-state index is 0.303. The van der Waals surface area contributed by atoms with Crippen molar-refractivity contribution in [1.82, 2.24) is 5.32 Å². The van der Waals surface area contributed by atoms with Crippen molar-refractivity contribution in [2.75, 3.05) is 13.1 Å². The molecular formula is C11H11ClN2O. The number of nitrogens with zero attached hydrogens (tertiary/aromatic N) is 1. The van der Waals surface area contributed by atoms with Crippen LogP contribution in [0.25, 0.3) is 0 Å². The second-order valence-corrected chi connectivity index (χ2v) is 3.92. The van der Waals surface area contributed by atoms with Gasteiger partial charge in [-0.1, -0.05) is 17.7 Å². The first-order valence-corrected chi connectivity index (χ1v) is 5.18. The zero-order chi connectivity index (χ0) is 10.7. The summed E-state index contributed by atoms with van der Waals surface area (Å²) in [5.74, 6) is 0. The predicted octanol–water partition coefficient (Wildman–Crippen LogP) is 1.70. The maximum absolute atomic E-state index is 8.67. The Hall–Kier alpha value is -1.08. The highest BCUT2D eigenvalue weighted by Crippen LogP contribution is 2.19. The topological polar surface area (TPSA) is 45.0 Å². The van der Waals surface area contributed by atoms with E-state index in [1.54, 1.807) is 12.1 Å². The van der Waals surface area contributed by atoms with E-state index in [0.29, 0.717) is 23.3 Å². The number of hydrogen-bond donors (Lipinski definition) is 1. The Morgan fingerprint density at radius 2 is 2.33 bits per heavy atom. The van der Waals surface area contributed by atoms with Crippen LogP contribution < -0.4 is 5.32 Å². The molecule has 1 heterocycles. The lowest BCUT2D eigenvalue weighted by atomic mass is 10.1. The first-order valence-electron chi connectivity index (χ1n) is 4.80. The Morgan fingerprint density at radius 3 is 2.87 bits per heavy atom. The molecule has 0 radical (unpaired) electrons. The molecule has 78 valence electrons. The molecule has 1 fully saturated rings. The first kappa shape index (κ1) is 10.4. The third-order valence-corrected chi connectivity index (χ3v) is 2.75. The van der Waals surface area contributed by atoms with E-state index >= 15 is 0 Å². The second kappa shape index (κ2) is 4.63. The second-order valence-electron chi connectivity index (χ2n) is 3.51. The van der Waals surface area contributed by atoms with Crippen molar-refractivity contribution >= 4 is 11.6 Å². The first-order chi connectivity index (χ1) is 7.29. The number of benzene rings is 1. The van der Waals surface area contributed by atoms with Crippen molar-refractivity contribution < 1.29 is 4.74 Å². The minimum atomic E-state index is 0.303. The summed E-state index contributed by atoms with van der Waals surface area (Å²) >= 11 is 6.01. The van der Waals surface area contributed by atoms with Gasteiger partial charge in [0.05, 0.1) is 24.3 Å². The predicted molar refractivity (Wildman–Crippen MR) is 57.6 cm³/mol. The maximum atomic E-state index is 8.67. The summed E-state index contributed by atoms with van der Waals surface area (Å²) in [6.07, 6.45) is 0.303. The van der Waals surface area contributed by atoms with Crippen LogP contribution in [0, 0.1) is 11.3 Å². The molecule has 0 unspecified atom stereocenters. The van der Waals surface area contributed by atoms with E-state index in [2.05, 4.69) is 5.32 Å². The van der Waals surface area contributed by atoms with Gasteiger partial charge in [-0.05, 0) is 17.7 Å². The summed E-state index contributed by atoms with van der Waals surface area (Å²) in [5.41, 5.74) is 1.51. The van der Waals surface area contributed by atoms with Crippen molar-refractivity contribution in [3.05, 3.63) is 34.3 Å². The van der Waals surface area contributed by atoms with Crippen LogP contribution in [0.5, 0.6) is 0 Å². The molecule has 1 aliphatic rings. The number of rotatable bonds is 3. The van der Waals surface area contributed by atoms with Crippen LogP contribution in [0.3, 0.4) is 0 Å². The summed E-state index contributed by atoms with van der Waals surface area (Å²) < 4.78 is 5.59. The van der Waals surface area contributed by atoms with Gasteiger partial charge in [0.1, 0.15) is 0 Å². The summed E-state index contributed by atoms with van der Waals surface area (Å²) in [6, 6.07) is 7.31. The fourth-order valence-electron chi connectivity index (χ4n) is 1.32. The van der Waals surface area contributed by atoms with Crippen LogP contribution in [0.4, 0.5) is 0 Å². The van der Waals surface area contributed by atoms with Gasteiger partial charge in [-0.2, -0.15) is 5.26 Å². The van der Waals surface area contributed by atoms with E-state index < -0.39 is 0 Å². The largest absolute Gasteiger partial charge is 0.371 e. The summed E-state index contributed by atoms with van der Waals surface area (Å²) in [6.45, 7) is 2.33. The third kappa shape index (κ3) is 2.48. The molecule has 0 atom stereocenters. The molecule has 15 heavy (non-hydrogen) atoms. The maximum Gasteiger partial charge on any atom is 0.0992 e. The highest BCUT2D eigenvalue weighted by atomic mass is 35.5. The van der Waals surface area contributed by atoms with E-state index in [1.165, 1.54) is 0 Å². The lowest BCUT2D eigenvalue weighted by Crippen LogP contribution is -2.48. The van der Waals surface area contributed by atoms with Gasteiger partial charge in [-0.15, -0.1) is 0 Å². The van der Waals surface area contributed by atoms with Gasteiger partial charge in [-0.25, -0.2) is 0 Å². The molecule has 0 amide bonds. The van der Waals surface area contributed by atoms with E-state index in [4.69, 9.17) is 21.6 Å². The monoisotopic (exact) mass is 222 g/mol. The Morgan fingerprint density at radius 1 is 1.53 bits per heavy atom. The van der Waals surface area contributed by atoms with Crippen LogP contribution in [0.15, 0.2) is 18.2 Å². The fourth-order valence-corrected chi connectivity index (χ4v) is 1.56. The van der Waals surface area contributed by atoms with Gasteiger partial charge in [0.25, 0.3) is 0 Å². The molecule has 0 aromatic heterocycles. The minimum Gasteiger partial charge on any atom is -0.371 e. The van der Waals surface area contributed by atoms with Crippen LogP contribution in [-0.4, -0.2) is 19.2 Å². The molecule has 0 bridgehead atoms. The van der Waals surface area contributed by atoms with Crippen molar-refractivity contribution in [3.8, 4) is 6.07 Å². The van der Waals surface area contributed by atoms with E-state index in [1.807, 2.05) is 12.1 Å². The van der Waals surface area contributed by atoms with Crippen molar-refractivity contribution in [2.24, 2.45) is 0 Å². The third-order valence-electron chi connectivity index (χ3n) is 2.40. The fraction of sp³-hybridized carbons (Fsp3) is 0.364. The number of nitrogens with one attached hydrogen (secondary N) is 1. The van der Waals surface area contributed by atoms with Gasteiger partial charge < -0.3 is 10.1 Å². The molecule has 4 heteroatoms. The molecule has 1 aromatic rings. The zero-order valence-electron chi connectivity index (χ0n) is 8.16. The molecule has 0 aliphatic carbocycles. The number of hydrogen-bond acceptors (Lipinski definition) is 3. The average molecular weight is 223 g/mol. The van der Waals surface area contributed by atoms with Gasteiger partial charge in [0.15, 0.2) is 0 Å². The number of ether oxygens (including phenoxy) is 1. The average Bonchev–Trinajstić information content (AvgIpc) is 2.18. The van der Waals surface area contributed by atoms with E-state index in [0.717, 1.165) is 18.7 Å². The molecule has 2 rings (SSSR count). The molecule has 1 aliphatic heterocycles. The Kier molecular flexibility index (Phi) is 3.22. The van der Waals surface area contributed by atoms with Gasteiger partial charge in [-0.3, -0.25) is 0 Å². The van der Waals surface area contributed by atoms with Gasteiger partial charge in [0.2, 0.25) is 0 Å². The molecule has 0 spiro atoms. The van der Waals surface area contributed by atoms with Crippen LogP contribution in [-0.2, 0) is 11.3 Å². The summed E-state index contributed by atoms with van der Waals surface area (Å²) in [5, 5.41) is 12.4. The van der Waals surface area contributed by atoms with Crippen molar-refractivity contribution in [3.63, 3.8) is 0 Å². The van der Waals surface area contributed by atoms with Crippen molar-refractivity contribution in [1.29, 1.82) is 5.26 Å². The van der Waals surface area contributed by atoms with E-state index in [9.17, 15) is 0 Å². The number of nitriles is 1. The number of halogens is 1. The molecule has 0 saturated carbocycles. The lowest BCUT2D eigenvalue weighted by molar-refractivity contribution is 0.00762. The lowest BCUT2D eigenvalue weighted by Gasteiger charge is -2.27. The SMILES string of the molecule is N#Cc1ccc(COC2CNC2)c(Cl)c1. The molecule has 1 N–H and O–H groups in total. The standard InChI is InChI=1S/C11H11ClN2O/c12-11-3-8(4-13)1-2-9(11)7-15-10-5-14-6-10/h1-3,10,14H,5-7H2. The summed E-state index contributed by atoms with van der Waals surface area (Å²) in [4.78, 5) is 0. The molecular weight excluding hydrogens is 212 g/mol. The van der Waals surface area contributed by atoms with Crippen molar-refractivity contribution in [2.45, 2.75) is 12.7 Å². The van der Waals surface area contributed by atoms with Crippen LogP contribution in [0.1, 0.15) is 11.1 Å². The quantitative estimate of drug-likeness (QED) is 0.847.